The monoisotopic (exact) mass is 803 g/mol. The Kier molecular flexibility index (Phi) is 7.65. The lowest BCUT2D eigenvalue weighted by Crippen LogP contribution is -2.14. The molecule has 3 heterocycles. The Morgan fingerprint density at radius 3 is 1.54 bits per heavy atom. The highest BCUT2D eigenvalue weighted by molar-refractivity contribution is 6.12. The maximum absolute atomic E-state index is 5.37. The minimum atomic E-state index is -0.0851. The Morgan fingerprint density at radius 2 is 0.841 bits per heavy atom. The number of pyridine rings is 1. The fraction of sp³-hybridized carbons (Fsp3) is 0.0500. The highest BCUT2D eigenvalue weighted by atomic mass is 15.1. The minimum absolute atomic E-state index is 0.0851. The van der Waals surface area contributed by atoms with Crippen molar-refractivity contribution < 1.29 is 0 Å². The minimum Gasteiger partial charge on any atom is -0.309 e. The summed E-state index contributed by atoms with van der Waals surface area (Å²) in [6.07, 6.45) is 0. The van der Waals surface area contributed by atoms with E-state index < -0.39 is 0 Å². The molecule has 0 atom stereocenters. The van der Waals surface area contributed by atoms with E-state index in [9.17, 15) is 0 Å². The van der Waals surface area contributed by atoms with Gasteiger partial charge in [0.25, 0.3) is 0 Å². The van der Waals surface area contributed by atoms with Gasteiger partial charge in [-0.25, -0.2) is 4.98 Å². The Balaban J connectivity index is 0.900. The first-order valence-corrected chi connectivity index (χ1v) is 21.9. The first kappa shape index (κ1) is 35.7. The van der Waals surface area contributed by atoms with Gasteiger partial charge in [-0.3, -0.25) is 4.57 Å². The second kappa shape index (κ2) is 13.5. The van der Waals surface area contributed by atoms with Gasteiger partial charge in [0.15, 0.2) is 0 Å². The third kappa shape index (κ3) is 5.36. The van der Waals surface area contributed by atoms with Gasteiger partial charge in [0, 0.05) is 38.0 Å². The fourth-order valence-electron chi connectivity index (χ4n) is 10.6. The molecule has 0 N–H and O–H groups in total. The Hall–Kier alpha value is -8.01. The zero-order valence-electron chi connectivity index (χ0n) is 35.0. The molecule has 0 bridgehead atoms. The average molecular weight is 804 g/mol. The summed E-state index contributed by atoms with van der Waals surface area (Å²) in [6.45, 7) is 4.70. The van der Waals surface area contributed by atoms with Crippen molar-refractivity contribution in [1.29, 1.82) is 0 Å². The van der Waals surface area contributed by atoms with E-state index in [1.807, 2.05) is 0 Å². The molecule has 12 aromatic rings. The van der Waals surface area contributed by atoms with Crippen molar-refractivity contribution in [3.05, 3.63) is 223 Å². The van der Waals surface area contributed by atoms with Crippen LogP contribution in [-0.4, -0.2) is 14.1 Å². The van der Waals surface area contributed by atoms with E-state index in [-0.39, 0.29) is 5.41 Å². The molecule has 9 aromatic carbocycles. The van der Waals surface area contributed by atoms with Gasteiger partial charge in [-0.05, 0) is 122 Å². The Labute approximate surface area is 365 Å². The van der Waals surface area contributed by atoms with Crippen molar-refractivity contribution in [1.82, 2.24) is 14.1 Å². The number of aromatic nitrogens is 3. The van der Waals surface area contributed by atoms with Crippen LogP contribution < -0.4 is 0 Å². The van der Waals surface area contributed by atoms with Crippen LogP contribution in [0.4, 0.5) is 0 Å². The smallest absolute Gasteiger partial charge is 0.138 e. The third-order valence-electron chi connectivity index (χ3n) is 13.7. The van der Waals surface area contributed by atoms with Gasteiger partial charge in [0.2, 0.25) is 0 Å². The molecule has 0 fully saturated rings. The van der Waals surface area contributed by atoms with Gasteiger partial charge < -0.3 is 4.57 Å². The molecule has 3 nitrogen and oxygen atoms in total. The molecule has 0 saturated heterocycles. The molecule has 13 rings (SSSR count). The summed E-state index contributed by atoms with van der Waals surface area (Å²) < 4.78 is 4.72. The number of hydrogen-bond donors (Lipinski definition) is 0. The topological polar surface area (TPSA) is 22.8 Å². The summed E-state index contributed by atoms with van der Waals surface area (Å²) in [5, 5.41) is 6.09. The number of fused-ring (bicyclic) bond motifs is 10. The van der Waals surface area contributed by atoms with Crippen molar-refractivity contribution in [2.45, 2.75) is 19.3 Å². The van der Waals surface area contributed by atoms with E-state index in [2.05, 4.69) is 235 Å². The van der Waals surface area contributed by atoms with Crippen LogP contribution in [0.2, 0.25) is 0 Å². The predicted octanol–water partition coefficient (Wildman–Crippen LogP) is 15.7. The molecule has 0 aliphatic heterocycles. The molecule has 3 aromatic heterocycles. The molecule has 296 valence electrons. The van der Waals surface area contributed by atoms with Crippen LogP contribution in [0.25, 0.3) is 111 Å². The molecule has 1 aliphatic carbocycles. The SMILES string of the molecule is CC1(C)c2ccccc2-c2ccc(-c3cc(-n4c5ccccc5c5cc(-c6ccc(-c7ccc8c(c7)c7ccccc7n8-c7ccccc7)cc6)ccc54)nc4ccccc34)cc21. The van der Waals surface area contributed by atoms with E-state index in [0.717, 1.165) is 27.8 Å². The first-order valence-electron chi connectivity index (χ1n) is 21.9. The van der Waals surface area contributed by atoms with Gasteiger partial charge in [0.1, 0.15) is 5.82 Å². The molecule has 0 saturated carbocycles. The maximum Gasteiger partial charge on any atom is 0.138 e. The van der Waals surface area contributed by atoms with E-state index in [1.165, 1.54) is 93.9 Å². The molecule has 0 spiro atoms. The molecule has 0 unspecified atom stereocenters. The van der Waals surface area contributed by atoms with Crippen LogP contribution in [0.15, 0.2) is 212 Å². The predicted molar refractivity (Wildman–Crippen MR) is 264 cm³/mol. The lowest BCUT2D eigenvalue weighted by molar-refractivity contribution is 0.660. The number of nitrogens with zero attached hydrogens (tertiary/aromatic N) is 3. The summed E-state index contributed by atoms with van der Waals surface area (Å²) in [7, 11) is 0. The van der Waals surface area contributed by atoms with Gasteiger partial charge in [-0.15, -0.1) is 0 Å². The third-order valence-corrected chi connectivity index (χ3v) is 13.7. The van der Waals surface area contributed by atoms with E-state index in [4.69, 9.17) is 4.98 Å². The molecule has 1 aliphatic rings. The van der Waals surface area contributed by atoms with Gasteiger partial charge in [0.05, 0.1) is 27.6 Å². The normalized spacial score (nSPS) is 13.0. The molecule has 3 heteroatoms. The van der Waals surface area contributed by atoms with Gasteiger partial charge >= 0.3 is 0 Å². The van der Waals surface area contributed by atoms with Crippen LogP contribution in [-0.2, 0) is 5.41 Å². The quantitative estimate of drug-likeness (QED) is 0.170. The zero-order chi connectivity index (χ0) is 41.8. The summed E-state index contributed by atoms with van der Waals surface area (Å²) in [6, 6.07) is 77.7. The van der Waals surface area contributed by atoms with E-state index >= 15 is 0 Å². The fourth-order valence-corrected chi connectivity index (χ4v) is 10.6. The van der Waals surface area contributed by atoms with E-state index in [1.54, 1.807) is 0 Å². The highest BCUT2D eigenvalue weighted by Crippen LogP contribution is 2.50. The molecule has 0 amide bonds. The molecular weight excluding hydrogens is 763 g/mol. The van der Waals surface area contributed by atoms with E-state index in [0.29, 0.717) is 0 Å². The molecular formula is C60H41N3. The van der Waals surface area contributed by atoms with Crippen molar-refractivity contribution in [2.24, 2.45) is 0 Å². The van der Waals surface area contributed by atoms with Crippen LogP contribution >= 0.6 is 0 Å². The summed E-state index contributed by atoms with van der Waals surface area (Å²) in [5.41, 5.74) is 19.4. The largest absolute Gasteiger partial charge is 0.309 e. The summed E-state index contributed by atoms with van der Waals surface area (Å²) in [5.74, 6) is 0.916. The molecule has 63 heavy (non-hydrogen) atoms. The lowest BCUT2D eigenvalue weighted by Gasteiger charge is -2.22. The van der Waals surface area contributed by atoms with Gasteiger partial charge in [-0.2, -0.15) is 0 Å². The summed E-state index contributed by atoms with van der Waals surface area (Å²) >= 11 is 0. The van der Waals surface area contributed by atoms with Gasteiger partial charge in [-0.1, -0.05) is 159 Å². The maximum atomic E-state index is 5.37. The van der Waals surface area contributed by atoms with Crippen molar-refractivity contribution in [2.75, 3.05) is 0 Å². The Bertz CT molecular complexity index is 3810. The number of hydrogen-bond acceptors (Lipinski definition) is 1. The lowest BCUT2D eigenvalue weighted by atomic mass is 9.81. The zero-order valence-corrected chi connectivity index (χ0v) is 35.0. The standard InChI is InChI=1S/C60H41N3/c1-60(2)52-20-10-6-16-44(52)45-31-28-42(36-53(45)60)49-37-59(61-54-21-11-7-17-46(49)54)63-56-23-13-9-19-48(56)51-35-41(30-33-58(51)63)39-26-24-38(25-27-39)40-29-32-57-50(34-40)47-18-8-12-22-55(47)62(57)43-14-4-3-5-15-43/h3-37H,1-2H3. The van der Waals surface area contributed by atoms with Crippen molar-refractivity contribution >= 4 is 54.5 Å². The van der Waals surface area contributed by atoms with Crippen molar-refractivity contribution in [3.8, 4) is 56.0 Å². The second-order valence-electron chi connectivity index (χ2n) is 17.6. The Morgan fingerprint density at radius 1 is 0.333 bits per heavy atom. The van der Waals surface area contributed by atoms with Crippen LogP contribution in [0.3, 0.4) is 0 Å². The second-order valence-corrected chi connectivity index (χ2v) is 17.6. The number of para-hydroxylation sites is 4. The average Bonchev–Trinajstić information content (AvgIpc) is 3.94. The number of rotatable bonds is 5. The van der Waals surface area contributed by atoms with Crippen LogP contribution in [0.1, 0.15) is 25.0 Å². The van der Waals surface area contributed by atoms with Crippen LogP contribution in [0.5, 0.6) is 0 Å². The summed E-state index contributed by atoms with van der Waals surface area (Å²) in [4.78, 5) is 5.37. The number of benzene rings is 9. The highest BCUT2D eigenvalue weighted by Gasteiger charge is 2.35. The van der Waals surface area contributed by atoms with Crippen LogP contribution in [0, 0.1) is 0 Å². The molecule has 0 radical (unpaired) electrons. The first-order chi connectivity index (χ1) is 31.0. The van der Waals surface area contributed by atoms with Crippen molar-refractivity contribution in [3.63, 3.8) is 0 Å².